The molecule has 4 heterocycles. The largest absolute Gasteiger partial charge is 0.475 e. The van der Waals surface area contributed by atoms with Crippen LogP contribution in [0.5, 0.6) is 5.75 Å². The summed E-state index contributed by atoms with van der Waals surface area (Å²) in [4.78, 5) is 28.0. The number of pyridine rings is 1. The summed E-state index contributed by atoms with van der Waals surface area (Å²) in [5.41, 5.74) is 0. The number of aliphatic imine (C=N–C) groups is 1. The number of carbonyl (C=O) groups is 1. The van der Waals surface area contributed by atoms with Crippen molar-refractivity contribution >= 4 is 23.4 Å². The lowest BCUT2D eigenvalue weighted by Gasteiger charge is -2.39. The molecule has 0 aliphatic carbocycles. The first-order valence-corrected chi connectivity index (χ1v) is 10.1. The fourth-order valence-electron chi connectivity index (χ4n) is 3.45. The molecule has 2 aliphatic rings. The van der Waals surface area contributed by atoms with Gasteiger partial charge in [-0.1, -0.05) is 25.1 Å². The van der Waals surface area contributed by atoms with Crippen molar-refractivity contribution in [2.75, 3.05) is 22.9 Å². The van der Waals surface area contributed by atoms with Gasteiger partial charge in [0.05, 0.1) is 12.1 Å². The number of carboxylic acid groups (broad SMARTS) is 1. The number of rotatable bonds is 5. The summed E-state index contributed by atoms with van der Waals surface area (Å²) in [5, 5.41) is 13.3. The summed E-state index contributed by atoms with van der Waals surface area (Å²) in [6.07, 6.45) is 4.67. The Kier molecular flexibility index (Phi) is 5.64. The summed E-state index contributed by atoms with van der Waals surface area (Å²) in [5.74, 6) is -0.337. The monoisotopic (exact) mass is 442 g/mol. The number of ether oxygens (including phenoxy) is 1. The van der Waals surface area contributed by atoms with Gasteiger partial charge in [-0.2, -0.15) is 4.98 Å². The van der Waals surface area contributed by atoms with Crippen LogP contribution in [0.15, 0.2) is 39.8 Å². The molecule has 0 unspecified atom stereocenters. The highest BCUT2D eigenvalue weighted by molar-refractivity contribution is 6.03. The number of aliphatic carboxylic acids is 1. The Labute approximate surface area is 183 Å². The van der Waals surface area contributed by atoms with E-state index in [1.54, 1.807) is 24.1 Å². The molecule has 4 rings (SSSR count). The predicted molar refractivity (Wildman–Crippen MR) is 114 cm³/mol. The number of hydrogen-bond donors (Lipinski definition) is 1. The van der Waals surface area contributed by atoms with Crippen LogP contribution in [-0.4, -0.2) is 45.1 Å². The normalized spacial score (nSPS) is 16.8. The van der Waals surface area contributed by atoms with E-state index >= 15 is 0 Å². The molecule has 168 valence electrons. The Balaban J connectivity index is 1.70. The van der Waals surface area contributed by atoms with Crippen LogP contribution >= 0.6 is 0 Å². The van der Waals surface area contributed by atoms with Crippen molar-refractivity contribution in [2.24, 2.45) is 10.9 Å². The van der Waals surface area contributed by atoms with Crippen LogP contribution in [0.4, 0.5) is 16.0 Å². The highest BCUT2D eigenvalue weighted by atomic mass is 19.1. The number of nitrogens with zero attached hydrogens (tertiary/aromatic N) is 6. The second-order valence-corrected chi connectivity index (χ2v) is 7.79. The van der Waals surface area contributed by atoms with Crippen LogP contribution in [0.2, 0.25) is 0 Å². The van der Waals surface area contributed by atoms with Gasteiger partial charge >= 0.3 is 5.97 Å². The summed E-state index contributed by atoms with van der Waals surface area (Å²) < 4.78 is 25.6. The number of aryl methyl sites for hydroxylation is 1. The van der Waals surface area contributed by atoms with E-state index in [2.05, 4.69) is 20.1 Å². The predicted octanol–water partition coefficient (Wildman–Crippen LogP) is 3.23. The van der Waals surface area contributed by atoms with Gasteiger partial charge in [-0.3, -0.25) is 4.90 Å². The van der Waals surface area contributed by atoms with Crippen molar-refractivity contribution in [3.63, 3.8) is 0 Å². The maximum atomic E-state index is 14.9. The number of anilines is 2. The Bertz CT molecular complexity index is 1130. The molecule has 0 bridgehead atoms. The van der Waals surface area contributed by atoms with E-state index in [0.717, 1.165) is 6.07 Å². The second-order valence-electron chi connectivity index (χ2n) is 7.79. The molecule has 1 saturated heterocycles. The Morgan fingerprint density at radius 3 is 2.69 bits per heavy atom. The zero-order chi connectivity index (χ0) is 23.0. The number of allylic oxidation sites excluding steroid dienone is 1. The van der Waals surface area contributed by atoms with E-state index in [4.69, 9.17) is 9.26 Å². The van der Waals surface area contributed by atoms with Crippen LogP contribution in [0.1, 0.15) is 38.4 Å². The first-order chi connectivity index (χ1) is 15.3. The van der Waals surface area contributed by atoms with Crippen LogP contribution in [-0.2, 0) is 4.79 Å². The average molecular weight is 442 g/mol. The van der Waals surface area contributed by atoms with Gasteiger partial charge in [0.1, 0.15) is 5.84 Å². The van der Waals surface area contributed by atoms with Gasteiger partial charge in [-0.25, -0.2) is 19.2 Å². The molecule has 32 heavy (non-hydrogen) atoms. The first kappa shape index (κ1) is 21.5. The summed E-state index contributed by atoms with van der Waals surface area (Å²) in [6.45, 7) is 8.33. The molecular formula is C21H23FN6O4. The molecule has 0 amide bonds. The second kappa shape index (κ2) is 8.40. The number of amidine groups is 1. The van der Waals surface area contributed by atoms with E-state index in [0.29, 0.717) is 30.6 Å². The van der Waals surface area contributed by atoms with E-state index in [-0.39, 0.29) is 35.0 Å². The van der Waals surface area contributed by atoms with Crippen molar-refractivity contribution in [3.8, 4) is 5.75 Å². The number of hydrogen-bond acceptors (Lipinski definition) is 8. The van der Waals surface area contributed by atoms with Gasteiger partial charge in [0, 0.05) is 31.3 Å². The summed E-state index contributed by atoms with van der Waals surface area (Å²) >= 11 is 0. The van der Waals surface area contributed by atoms with E-state index in [1.165, 1.54) is 11.1 Å². The van der Waals surface area contributed by atoms with Crippen LogP contribution < -0.4 is 14.5 Å². The molecule has 2 aliphatic heterocycles. The van der Waals surface area contributed by atoms with Gasteiger partial charge in [-0.05, 0) is 13.8 Å². The van der Waals surface area contributed by atoms with Crippen LogP contribution in [0.3, 0.4) is 0 Å². The lowest BCUT2D eigenvalue weighted by atomic mass is 10.00. The topological polar surface area (TPSA) is 117 Å². The van der Waals surface area contributed by atoms with E-state index in [1.807, 2.05) is 20.8 Å². The standard InChI is InChI=1S/C21H23FN6O4/c1-5-6-23-17(11(2)3)28-10-16(21(29)30)31-15-7-14(22)18(25-19(15)28)27-8-13(9-27)20-24-12(4)26-32-20/h5-7,10-11,13H,8-9H2,1-4H3,(H,29,30)/b6-5-,23-17+. The zero-order valence-corrected chi connectivity index (χ0v) is 18.1. The van der Waals surface area contributed by atoms with Crippen molar-refractivity contribution in [1.82, 2.24) is 15.1 Å². The smallest absolute Gasteiger partial charge is 0.373 e. The van der Waals surface area contributed by atoms with Gasteiger partial charge < -0.3 is 19.3 Å². The Morgan fingerprint density at radius 2 is 2.09 bits per heavy atom. The number of halogens is 1. The number of aromatic nitrogens is 3. The third kappa shape index (κ3) is 3.93. The molecule has 11 heteroatoms. The first-order valence-electron chi connectivity index (χ1n) is 10.1. The van der Waals surface area contributed by atoms with E-state index in [9.17, 15) is 14.3 Å². The fraction of sp³-hybridized carbons (Fsp3) is 0.381. The Morgan fingerprint density at radius 1 is 1.34 bits per heavy atom. The minimum atomic E-state index is -1.28. The molecule has 0 spiro atoms. The molecule has 0 radical (unpaired) electrons. The third-order valence-corrected chi connectivity index (χ3v) is 5.00. The molecule has 10 nitrogen and oxygen atoms in total. The Hall–Kier alpha value is -3.76. The lowest BCUT2D eigenvalue weighted by molar-refractivity contribution is -0.135. The molecule has 0 atom stereocenters. The minimum Gasteiger partial charge on any atom is -0.475 e. The molecule has 0 aromatic carbocycles. The lowest BCUT2D eigenvalue weighted by Crippen LogP contribution is -2.46. The summed E-state index contributed by atoms with van der Waals surface area (Å²) in [6, 6.07) is 1.15. The molecule has 2 aromatic rings. The molecular weight excluding hydrogens is 419 g/mol. The van der Waals surface area contributed by atoms with Gasteiger partial charge in [0.2, 0.25) is 11.6 Å². The van der Waals surface area contributed by atoms with Gasteiger partial charge in [-0.15, -0.1) is 0 Å². The highest BCUT2D eigenvalue weighted by Crippen LogP contribution is 2.39. The third-order valence-electron chi connectivity index (χ3n) is 5.00. The minimum absolute atomic E-state index is 0.00424. The number of fused-ring (bicyclic) bond motifs is 1. The highest BCUT2D eigenvalue weighted by Gasteiger charge is 2.37. The SMILES string of the molecule is C/C=C\N=C(/C(C)C)N1C=C(C(=O)O)Oc2cc(F)c(N3CC(c4nc(C)no4)C3)nc21. The van der Waals surface area contributed by atoms with Crippen LogP contribution in [0.25, 0.3) is 0 Å². The maximum Gasteiger partial charge on any atom is 0.373 e. The van der Waals surface area contributed by atoms with E-state index < -0.39 is 11.8 Å². The average Bonchev–Trinajstić information content (AvgIpc) is 3.12. The van der Waals surface area contributed by atoms with Gasteiger partial charge in [0.15, 0.2) is 29.0 Å². The van der Waals surface area contributed by atoms with Crippen LogP contribution in [0, 0.1) is 18.7 Å². The number of carboxylic acids is 1. The van der Waals surface area contributed by atoms with Crippen molar-refractivity contribution in [3.05, 3.63) is 47.8 Å². The van der Waals surface area contributed by atoms with Crippen molar-refractivity contribution < 1.29 is 23.6 Å². The molecule has 2 aromatic heterocycles. The van der Waals surface area contributed by atoms with Crippen molar-refractivity contribution in [2.45, 2.75) is 33.6 Å². The fourth-order valence-corrected chi connectivity index (χ4v) is 3.45. The maximum absolute atomic E-state index is 14.9. The quantitative estimate of drug-likeness (QED) is 0.550. The summed E-state index contributed by atoms with van der Waals surface area (Å²) in [7, 11) is 0. The zero-order valence-electron chi connectivity index (χ0n) is 18.1. The van der Waals surface area contributed by atoms with Crippen molar-refractivity contribution in [1.29, 1.82) is 0 Å². The molecule has 0 saturated carbocycles. The molecule has 1 N–H and O–H groups in total. The molecule has 1 fully saturated rings. The van der Waals surface area contributed by atoms with Gasteiger partial charge in [0.25, 0.3) is 0 Å².